The van der Waals surface area contributed by atoms with Gasteiger partial charge in [-0.05, 0) is 55.0 Å². The first-order valence-corrected chi connectivity index (χ1v) is 10.7. The van der Waals surface area contributed by atoms with E-state index in [0.717, 1.165) is 35.2 Å². The highest BCUT2D eigenvalue weighted by Gasteiger charge is 2.39. The monoisotopic (exact) mass is 378 g/mol. The van der Waals surface area contributed by atoms with Crippen LogP contribution in [0.15, 0.2) is 35.3 Å². The molecule has 2 aromatic rings. The number of rotatable bonds is 1. The molecule has 24 heavy (non-hydrogen) atoms. The van der Waals surface area contributed by atoms with Crippen molar-refractivity contribution in [1.82, 2.24) is 0 Å². The lowest BCUT2D eigenvalue weighted by molar-refractivity contribution is 0.368. The number of thioether (sulfide) groups is 1. The second-order valence-electron chi connectivity index (χ2n) is 5.89. The van der Waals surface area contributed by atoms with E-state index in [1.165, 1.54) is 27.3 Å². The molecule has 128 valence electrons. The molecule has 2 nitrogen and oxygen atoms in total. The second kappa shape index (κ2) is 7.51. The molecular weight excluding hydrogens is 356 g/mol. The molecule has 0 radical (unpaired) electrons. The predicted octanol–water partition coefficient (Wildman–Crippen LogP) is 6.08. The van der Waals surface area contributed by atoms with Gasteiger partial charge in [0.2, 0.25) is 0 Å². The van der Waals surface area contributed by atoms with Gasteiger partial charge in [-0.3, -0.25) is 4.99 Å². The molecule has 0 saturated heterocycles. The molecule has 2 N–H and O–H groups in total. The van der Waals surface area contributed by atoms with Crippen molar-refractivity contribution in [2.75, 3.05) is 5.75 Å². The number of fused-ring (bicyclic) bond motifs is 2. The van der Waals surface area contributed by atoms with Gasteiger partial charge in [-0.25, -0.2) is 0 Å². The quantitative estimate of drug-likeness (QED) is 0.653. The number of nitrogens with two attached hydrogens (primary N) is 1. The second-order valence-corrected chi connectivity index (χ2v) is 8.58. The van der Waals surface area contributed by atoms with Gasteiger partial charge in [-0.2, -0.15) is 0 Å². The highest BCUT2D eigenvalue weighted by Crippen LogP contribution is 2.49. The molecule has 2 aliphatic rings. The lowest BCUT2D eigenvalue weighted by Crippen LogP contribution is -2.34. The Labute approximate surface area is 157 Å². The summed E-state index contributed by atoms with van der Waals surface area (Å²) in [6, 6.07) is 10.4. The van der Waals surface area contributed by atoms with Gasteiger partial charge in [0.05, 0.1) is 5.54 Å². The van der Waals surface area contributed by atoms with Gasteiger partial charge in [0.25, 0.3) is 0 Å². The maximum atomic E-state index is 6.15. The van der Waals surface area contributed by atoms with Gasteiger partial charge in [0.1, 0.15) is 0 Å². The van der Waals surface area contributed by atoms with Crippen LogP contribution in [0.3, 0.4) is 0 Å². The zero-order valence-corrected chi connectivity index (χ0v) is 16.5. The third-order valence-corrected chi connectivity index (χ3v) is 6.78. The SMILES string of the molecule is CC.NC1=NC2(CCCc3sc(-c4cccc(Cl)c4)cc32)CCS1. The minimum atomic E-state index is -0.0732. The summed E-state index contributed by atoms with van der Waals surface area (Å²) in [5.74, 6) is 1.07. The largest absolute Gasteiger partial charge is 0.379 e. The summed E-state index contributed by atoms with van der Waals surface area (Å²) in [5.41, 5.74) is 8.56. The lowest BCUT2D eigenvalue weighted by Gasteiger charge is -2.36. The first kappa shape index (κ1) is 17.8. The first-order chi connectivity index (χ1) is 11.7. The topological polar surface area (TPSA) is 38.4 Å². The molecule has 2 heterocycles. The fraction of sp³-hybridized carbons (Fsp3) is 0.421. The molecule has 1 atom stereocenters. The van der Waals surface area contributed by atoms with Crippen molar-refractivity contribution in [3.8, 4) is 10.4 Å². The lowest BCUT2D eigenvalue weighted by atomic mass is 9.78. The van der Waals surface area contributed by atoms with Gasteiger partial charge in [-0.1, -0.05) is 49.3 Å². The Morgan fingerprint density at radius 1 is 1.21 bits per heavy atom. The van der Waals surface area contributed by atoms with Crippen LogP contribution in [0.4, 0.5) is 0 Å². The summed E-state index contributed by atoms with van der Waals surface area (Å²) in [6.45, 7) is 4.00. The zero-order valence-electron chi connectivity index (χ0n) is 14.1. The molecule has 1 aliphatic carbocycles. The van der Waals surface area contributed by atoms with Gasteiger partial charge in [0, 0.05) is 20.5 Å². The number of halogens is 1. The van der Waals surface area contributed by atoms with Crippen molar-refractivity contribution in [3.63, 3.8) is 0 Å². The number of amidine groups is 1. The smallest absolute Gasteiger partial charge is 0.154 e. The summed E-state index contributed by atoms with van der Waals surface area (Å²) in [6.07, 6.45) is 4.57. The molecule has 0 saturated carbocycles. The number of aryl methyl sites for hydroxylation is 1. The standard InChI is InChI=1S/C17H17ClN2S2.C2H6/c18-12-4-1-3-11(9-12)15-10-13-14(22-15)5-2-6-17(13)7-8-21-16(19)20-17;1-2/h1,3-4,9-10H,2,5-8H2,(H2,19,20);1-2H3. The van der Waals surface area contributed by atoms with E-state index < -0.39 is 0 Å². The highest BCUT2D eigenvalue weighted by molar-refractivity contribution is 8.13. The van der Waals surface area contributed by atoms with Crippen molar-refractivity contribution in [1.29, 1.82) is 0 Å². The number of thiophene rings is 1. The zero-order chi connectivity index (χ0) is 17.2. The van der Waals surface area contributed by atoms with Crippen LogP contribution in [0.25, 0.3) is 10.4 Å². The van der Waals surface area contributed by atoms with E-state index in [9.17, 15) is 0 Å². The Hall–Kier alpha value is -0.970. The van der Waals surface area contributed by atoms with Crippen LogP contribution in [0, 0.1) is 0 Å². The van der Waals surface area contributed by atoms with Crippen molar-refractivity contribution in [3.05, 3.63) is 45.8 Å². The highest BCUT2D eigenvalue weighted by atomic mass is 35.5. The summed E-state index contributed by atoms with van der Waals surface area (Å²) >= 11 is 9.72. The van der Waals surface area contributed by atoms with Gasteiger partial charge in [-0.15, -0.1) is 11.3 Å². The van der Waals surface area contributed by atoms with Crippen LogP contribution in [0.1, 0.15) is 43.6 Å². The van der Waals surface area contributed by atoms with E-state index in [1.807, 2.05) is 43.4 Å². The Bertz CT molecular complexity index is 754. The fourth-order valence-corrected chi connectivity index (χ4v) is 5.84. The molecular formula is C19H23ClN2S2. The Kier molecular flexibility index (Phi) is 5.58. The third-order valence-electron chi connectivity index (χ3n) is 4.50. The molecule has 1 spiro atoms. The summed E-state index contributed by atoms with van der Waals surface area (Å²) < 4.78 is 0. The molecule has 0 amide bonds. The van der Waals surface area contributed by atoms with Crippen LogP contribution in [0.2, 0.25) is 5.02 Å². The normalized spacial score (nSPS) is 22.4. The van der Waals surface area contributed by atoms with Crippen LogP contribution in [-0.4, -0.2) is 10.9 Å². The molecule has 0 bridgehead atoms. The van der Waals surface area contributed by atoms with E-state index in [4.69, 9.17) is 22.3 Å². The molecule has 1 aromatic carbocycles. The first-order valence-electron chi connectivity index (χ1n) is 8.54. The molecule has 4 rings (SSSR count). The third kappa shape index (κ3) is 3.37. The molecule has 1 aliphatic heterocycles. The fourth-order valence-electron chi connectivity index (χ4n) is 3.47. The van der Waals surface area contributed by atoms with Gasteiger partial charge < -0.3 is 5.73 Å². The van der Waals surface area contributed by atoms with E-state index in [-0.39, 0.29) is 5.54 Å². The Morgan fingerprint density at radius 3 is 2.79 bits per heavy atom. The van der Waals surface area contributed by atoms with Crippen molar-refractivity contribution in [2.24, 2.45) is 10.7 Å². The van der Waals surface area contributed by atoms with E-state index in [0.29, 0.717) is 0 Å². The Morgan fingerprint density at radius 2 is 2.04 bits per heavy atom. The van der Waals surface area contributed by atoms with Crippen LogP contribution in [0.5, 0.6) is 0 Å². The van der Waals surface area contributed by atoms with Crippen molar-refractivity contribution < 1.29 is 0 Å². The Balaban J connectivity index is 0.000000815. The maximum Gasteiger partial charge on any atom is 0.154 e. The molecule has 0 fully saturated rings. The van der Waals surface area contributed by atoms with Crippen LogP contribution in [-0.2, 0) is 12.0 Å². The minimum Gasteiger partial charge on any atom is -0.379 e. The average molecular weight is 379 g/mol. The maximum absolute atomic E-state index is 6.15. The van der Waals surface area contributed by atoms with Gasteiger partial charge >= 0.3 is 0 Å². The minimum absolute atomic E-state index is 0.0732. The summed E-state index contributed by atoms with van der Waals surface area (Å²) in [5, 5.41) is 1.53. The number of nitrogens with zero attached hydrogens (tertiary/aromatic N) is 1. The summed E-state index contributed by atoms with van der Waals surface area (Å²) in [4.78, 5) is 7.65. The average Bonchev–Trinajstić information content (AvgIpc) is 3.03. The van der Waals surface area contributed by atoms with Gasteiger partial charge in [0.15, 0.2) is 5.17 Å². The molecule has 1 unspecified atom stereocenters. The number of hydrogen-bond acceptors (Lipinski definition) is 4. The number of aliphatic imine (C=N–C) groups is 1. The summed E-state index contributed by atoms with van der Waals surface area (Å²) in [7, 11) is 0. The number of hydrogen-bond donors (Lipinski definition) is 1. The van der Waals surface area contributed by atoms with Crippen molar-refractivity contribution in [2.45, 2.75) is 45.1 Å². The van der Waals surface area contributed by atoms with E-state index in [1.54, 1.807) is 11.8 Å². The van der Waals surface area contributed by atoms with Crippen LogP contribution >= 0.6 is 34.7 Å². The van der Waals surface area contributed by atoms with E-state index >= 15 is 0 Å². The predicted molar refractivity (Wildman–Crippen MR) is 109 cm³/mol. The van der Waals surface area contributed by atoms with Crippen molar-refractivity contribution >= 4 is 39.9 Å². The number of benzene rings is 1. The molecule has 1 aromatic heterocycles. The molecule has 5 heteroatoms. The van der Waals surface area contributed by atoms with Crippen LogP contribution < -0.4 is 5.73 Å². The van der Waals surface area contributed by atoms with E-state index in [2.05, 4.69) is 12.1 Å².